The average Bonchev–Trinajstić information content (AvgIpc) is 2.48. The molecule has 1 aliphatic carbocycles. The molecule has 11 heteroatoms. The molecule has 1 rings (SSSR count). The number of carbonyl (C=O) groups is 2. The molecule has 0 aromatic carbocycles. The van der Waals surface area contributed by atoms with Gasteiger partial charge in [-0.05, 0) is 0 Å². The molecule has 1 aliphatic rings. The van der Waals surface area contributed by atoms with E-state index < -0.39 is 53.0 Å². The van der Waals surface area contributed by atoms with Gasteiger partial charge in [0.2, 0.25) is 0 Å². The summed E-state index contributed by atoms with van der Waals surface area (Å²) in [4.78, 5) is 24.0. The first-order valence-electron chi connectivity index (χ1n) is 6.61. The van der Waals surface area contributed by atoms with Crippen molar-refractivity contribution in [2.75, 3.05) is 26.4 Å². The number of hydrogen-bond acceptors (Lipinski definition) is 8. The van der Waals surface area contributed by atoms with Crippen molar-refractivity contribution in [3.8, 4) is 0 Å². The van der Waals surface area contributed by atoms with Gasteiger partial charge in [-0.2, -0.15) is 0 Å². The second-order valence-electron chi connectivity index (χ2n) is 4.82. The third-order valence-electron chi connectivity index (χ3n) is 3.03. The summed E-state index contributed by atoms with van der Waals surface area (Å²) in [5.41, 5.74) is -0.135. The zero-order chi connectivity index (χ0) is 17.7. The number of aliphatic hydroxyl groups is 2. The molecule has 0 aromatic rings. The van der Waals surface area contributed by atoms with Crippen molar-refractivity contribution >= 4 is 50.0 Å². The van der Waals surface area contributed by atoms with Gasteiger partial charge in [0.15, 0.2) is 0 Å². The third kappa shape index (κ3) is 4.86. The van der Waals surface area contributed by atoms with Crippen molar-refractivity contribution < 1.29 is 42.2 Å². The van der Waals surface area contributed by atoms with Gasteiger partial charge < -0.3 is 0 Å². The van der Waals surface area contributed by atoms with E-state index in [9.17, 15) is 22.6 Å². The zero-order valence-electron chi connectivity index (χ0n) is 12.4. The Morgan fingerprint density at radius 1 is 1.22 bits per heavy atom. The Bertz CT molecular complexity index is 637. The Balaban J connectivity index is 3.22. The zero-order valence-corrected chi connectivity index (χ0v) is 15.2. The Labute approximate surface area is 150 Å². The van der Waals surface area contributed by atoms with Gasteiger partial charge in [0.05, 0.1) is 0 Å². The summed E-state index contributed by atoms with van der Waals surface area (Å²) in [7, 11) is -4.95. The molecule has 23 heavy (non-hydrogen) atoms. The summed E-state index contributed by atoms with van der Waals surface area (Å²) in [5, 5.41) is 17.3. The monoisotopic (exact) mass is 358 g/mol. The van der Waals surface area contributed by atoms with Gasteiger partial charge >= 0.3 is 150 Å². The van der Waals surface area contributed by atoms with Crippen LogP contribution < -0.4 is 0 Å². The van der Waals surface area contributed by atoms with E-state index in [1.807, 2.05) is 0 Å². The molecule has 0 spiro atoms. The van der Waals surface area contributed by atoms with Gasteiger partial charge in [-0.25, -0.2) is 0 Å². The molecular formula is C12H15NaO9S. The van der Waals surface area contributed by atoms with Crippen molar-refractivity contribution in [1.82, 2.24) is 0 Å². The van der Waals surface area contributed by atoms with Crippen molar-refractivity contribution in [2.45, 2.75) is 11.2 Å². The Morgan fingerprint density at radius 2 is 1.78 bits per heavy atom. The molecule has 9 nitrogen and oxygen atoms in total. The fourth-order valence-electron chi connectivity index (χ4n) is 2.09. The van der Waals surface area contributed by atoms with Crippen LogP contribution in [0.4, 0.5) is 0 Å². The first kappa shape index (κ1) is 20.3. The van der Waals surface area contributed by atoms with Gasteiger partial charge in [-0.1, -0.05) is 0 Å². The standard InChI is InChI=1S/C12H15O9S.Na/c13-4-6-20-10(15)9-2-1-3-12(8-9,22(17,18)19)11(16)21-7-5-14;/h2-3,13-14H,4-8H2,(H,17,18,19);. The Kier molecular flexibility index (Phi) is 7.39. The van der Waals surface area contributed by atoms with Crippen LogP contribution in [0.15, 0.2) is 20.5 Å². The number of esters is 2. The van der Waals surface area contributed by atoms with Crippen molar-refractivity contribution in [3.05, 3.63) is 20.5 Å². The van der Waals surface area contributed by atoms with E-state index in [1.54, 1.807) is 0 Å². The SMILES string of the molecule is O=C(OCCO)C1=C[C]([Na])=CC(C(=O)OCCO)(S(=O)(=O)O)C1. The van der Waals surface area contributed by atoms with Crippen LogP contribution in [0.25, 0.3) is 0 Å². The maximum absolute atomic E-state index is 12.1. The summed E-state index contributed by atoms with van der Waals surface area (Å²) in [6, 6.07) is 0. The van der Waals surface area contributed by atoms with E-state index in [1.165, 1.54) is 6.08 Å². The molecule has 1 unspecified atom stereocenters. The second-order valence-corrected chi connectivity index (χ2v) is 7.65. The van der Waals surface area contributed by atoms with Gasteiger partial charge in [-0.3, -0.25) is 0 Å². The summed E-state index contributed by atoms with van der Waals surface area (Å²) >= 11 is 0.290. The predicted octanol–water partition coefficient (Wildman–Crippen LogP) is -1.93. The Morgan fingerprint density at radius 3 is 2.30 bits per heavy atom. The molecular weight excluding hydrogens is 343 g/mol. The van der Waals surface area contributed by atoms with Gasteiger partial charge in [0.1, 0.15) is 0 Å². The number of allylic oxidation sites excluding steroid dienone is 2. The molecule has 0 aliphatic heterocycles. The molecule has 0 aromatic heterocycles. The van der Waals surface area contributed by atoms with E-state index in [0.29, 0.717) is 30.8 Å². The fraction of sp³-hybridized carbons (Fsp3) is 0.500. The summed E-state index contributed by atoms with van der Waals surface area (Å²) < 4.78 is 40.3. The summed E-state index contributed by atoms with van der Waals surface area (Å²) in [6.45, 7) is -1.67. The maximum atomic E-state index is 12.1. The van der Waals surface area contributed by atoms with Crippen LogP contribution in [0.5, 0.6) is 0 Å². The van der Waals surface area contributed by atoms with Crippen LogP contribution in [0.3, 0.4) is 0 Å². The first-order valence-corrected chi connectivity index (χ1v) is 9.05. The minimum atomic E-state index is -4.95. The number of ether oxygens (including phenoxy) is 2. The van der Waals surface area contributed by atoms with E-state index in [0.717, 1.165) is 6.08 Å². The third-order valence-corrected chi connectivity index (χ3v) is 4.96. The normalized spacial score (nSPS) is 21.3. The fourth-order valence-corrected chi connectivity index (χ4v) is 4.09. The number of carbonyl (C=O) groups excluding carboxylic acids is 2. The van der Waals surface area contributed by atoms with Crippen LogP contribution in [-0.2, 0) is 29.2 Å². The molecule has 0 amide bonds. The van der Waals surface area contributed by atoms with Gasteiger partial charge in [0.25, 0.3) is 0 Å². The molecule has 0 bridgehead atoms. The average molecular weight is 358 g/mol. The van der Waals surface area contributed by atoms with Crippen LogP contribution in [-0.4, -0.2) is 94.2 Å². The molecule has 0 fully saturated rings. The van der Waals surface area contributed by atoms with E-state index >= 15 is 0 Å². The summed E-state index contributed by atoms with van der Waals surface area (Å²) in [6.07, 6.45) is 1.75. The second kappa shape index (κ2) is 8.38. The molecule has 1 atom stereocenters. The predicted molar refractivity (Wildman–Crippen MR) is 76.9 cm³/mol. The van der Waals surface area contributed by atoms with Gasteiger partial charge in [-0.15, -0.1) is 0 Å². The van der Waals surface area contributed by atoms with Crippen LogP contribution >= 0.6 is 0 Å². The van der Waals surface area contributed by atoms with Gasteiger partial charge in [0, 0.05) is 0 Å². The van der Waals surface area contributed by atoms with E-state index in [2.05, 4.69) is 4.74 Å². The van der Waals surface area contributed by atoms with E-state index in [-0.39, 0.29) is 12.2 Å². The van der Waals surface area contributed by atoms with Crippen molar-refractivity contribution in [2.24, 2.45) is 0 Å². The Hall–Kier alpha value is -0.750. The molecule has 0 heterocycles. The molecule has 0 saturated heterocycles. The molecule has 0 radical (unpaired) electrons. The van der Waals surface area contributed by atoms with Crippen LogP contribution in [0.1, 0.15) is 6.42 Å². The van der Waals surface area contributed by atoms with Crippen molar-refractivity contribution in [1.29, 1.82) is 0 Å². The molecule has 3 N–H and O–H groups in total. The van der Waals surface area contributed by atoms with E-state index in [4.69, 9.17) is 14.9 Å². The topological polar surface area (TPSA) is 147 Å². The number of aliphatic hydroxyl groups excluding tert-OH is 2. The van der Waals surface area contributed by atoms with Crippen LogP contribution in [0, 0.1) is 0 Å². The van der Waals surface area contributed by atoms with Crippen LogP contribution in [0.2, 0.25) is 0 Å². The quantitative estimate of drug-likeness (QED) is 0.269. The summed E-state index contributed by atoms with van der Waals surface area (Å²) in [5.74, 6) is -2.19. The first-order chi connectivity index (χ1) is 10.7. The minimum absolute atomic E-state index is 0.135. The number of rotatable bonds is 7. The molecule has 0 saturated carbocycles. The van der Waals surface area contributed by atoms with Crippen molar-refractivity contribution in [3.63, 3.8) is 0 Å². The molecule has 124 valence electrons. The number of hydrogen-bond donors (Lipinski definition) is 3.